The predicted molar refractivity (Wildman–Crippen MR) is 90.9 cm³/mol. The number of hydrogen-bond donors (Lipinski definition) is 1. The van der Waals surface area contributed by atoms with Crippen LogP contribution in [-0.2, 0) is 6.54 Å². The van der Waals surface area contributed by atoms with E-state index in [0.717, 1.165) is 31.1 Å². The molecule has 3 rings (SSSR count). The Bertz CT molecular complexity index is 409. The average molecular weight is 304 g/mol. The van der Waals surface area contributed by atoms with Crippen molar-refractivity contribution in [1.29, 1.82) is 0 Å². The molecular weight excluding hydrogens is 272 g/mol. The van der Waals surface area contributed by atoms with Crippen LogP contribution in [0.15, 0.2) is 18.7 Å². The Hall–Kier alpha value is -0.870. The third kappa shape index (κ3) is 4.56. The highest BCUT2D eigenvalue weighted by Gasteiger charge is 2.27. The summed E-state index contributed by atoms with van der Waals surface area (Å²) in [6.07, 6.45) is 15.4. The van der Waals surface area contributed by atoms with Crippen molar-refractivity contribution in [3.8, 4) is 0 Å². The molecule has 0 aromatic carbocycles. The van der Waals surface area contributed by atoms with Crippen molar-refractivity contribution < 1.29 is 0 Å². The maximum atomic E-state index is 4.09. The van der Waals surface area contributed by atoms with Crippen LogP contribution >= 0.6 is 0 Å². The summed E-state index contributed by atoms with van der Waals surface area (Å²) < 4.78 is 2.16. The number of likely N-dealkylation sites (tertiary alicyclic amines) is 1. The van der Waals surface area contributed by atoms with Gasteiger partial charge in [-0.25, -0.2) is 4.98 Å². The second kappa shape index (κ2) is 8.11. The van der Waals surface area contributed by atoms with E-state index in [4.69, 9.17) is 0 Å². The van der Waals surface area contributed by atoms with E-state index < -0.39 is 0 Å². The van der Waals surface area contributed by atoms with Gasteiger partial charge < -0.3 is 14.8 Å². The summed E-state index contributed by atoms with van der Waals surface area (Å²) in [5.74, 6) is 0.942. The van der Waals surface area contributed by atoms with Crippen molar-refractivity contribution in [2.45, 2.75) is 70.5 Å². The van der Waals surface area contributed by atoms with Gasteiger partial charge in [-0.15, -0.1) is 0 Å². The predicted octanol–water partition coefficient (Wildman–Crippen LogP) is 2.91. The van der Waals surface area contributed by atoms with Crippen molar-refractivity contribution in [3.63, 3.8) is 0 Å². The first-order chi connectivity index (χ1) is 10.8. The van der Waals surface area contributed by atoms with Crippen LogP contribution in [0, 0.1) is 5.92 Å². The van der Waals surface area contributed by atoms with Gasteiger partial charge in [0.15, 0.2) is 0 Å². The lowest BCUT2D eigenvalue weighted by Gasteiger charge is -2.41. The lowest BCUT2D eigenvalue weighted by Crippen LogP contribution is -2.48. The third-order valence-electron chi connectivity index (χ3n) is 5.54. The Kier molecular flexibility index (Phi) is 5.90. The Morgan fingerprint density at radius 3 is 2.77 bits per heavy atom. The number of aryl methyl sites for hydroxylation is 1. The molecule has 1 N–H and O–H groups in total. The summed E-state index contributed by atoms with van der Waals surface area (Å²) in [6, 6.07) is 1.62. The maximum absolute atomic E-state index is 4.09. The third-order valence-corrected chi connectivity index (χ3v) is 5.54. The number of imidazole rings is 1. The Labute approximate surface area is 135 Å². The molecule has 1 aliphatic heterocycles. The molecule has 2 fully saturated rings. The normalized spacial score (nSPS) is 28.0. The van der Waals surface area contributed by atoms with Crippen molar-refractivity contribution in [3.05, 3.63) is 18.7 Å². The number of aromatic nitrogens is 2. The molecule has 0 bridgehead atoms. The van der Waals surface area contributed by atoms with Crippen LogP contribution in [0.5, 0.6) is 0 Å². The zero-order chi connectivity index (χ0) is 15.2. The SMILES string of the molecule is C[C@@H]1CCC[C@@H](N2CCC(NCCCn3ccnc3)CC2)C1. The Balaban J connectivity index is 1.30. The molecule has 124 valence electrons. The number of piperidine rings is 1. The van der Waals surface area contributed by atoms with Crippen LogP contribution in [-0.4, -0.2) is 46.2 Å². The Morgan fingerprint density at radius 1 is 1.18 bits per heavy atom. The fourth-order valence-electron chi connectivity index (χ4n) is 4.19. The van der Waals surface area contributed by atoms with Crippen LogP contribution in [0.4, 0.5) is 0 Å². The quantitative estimate of drug-likeness (QED) is 0.820. The fraction of sp³-hybridized carbons (Fsp3) is 0.833. The second-order valence-corrected chi connectivity index (χ2v) is 7.34. The van der Waals surface area contributed by atoms with Gasteiger partial charge in [-0.1, -0.05) is 19.8 Å². The molecule has 0 radical (unpaired) electrons. The molecule has 1 saturated carbocycles. The molecule has 0 amide bonds. The molecule has 1 saturated heterocycles. The molecule has 2 aliphatic rings. The van der Waals surface area contributed by atoms with Gasteiger partial charge in [0, 0.05) is 31.0 Å². The van der Waals surface area contributed by atoms with Gasteiger partial charge in [0.2, 0.25) is 0 Å². The Morgan fingerprint density at radius 2 is 2.05 bits per heavy atom. The van der Waals surface area contributed by atoms with E-state index in [9.17, 15) is 0 Å². The van der Waals surface area contributed by atoms with E-state index in [1.165, 1.54) is 58.0 Å². The van der Waals surface area contributed by atoms with Crippen LogP contribution in [0.3, 0.4) is 0 Å². The first kappa shape index (κ1) is 16.0. The smallest absolute Gasteiger partial charge is 0.0945 e. The summed E-state index contributed by atoms with van der Waals surface area (Å²) >= 11 is 0. The summed E-state index contributed by atoms with van der Waals surface area (Å²) in [6.45, 7) is 7.24. The molecule has 1 aromatic rings. The molecule has 0 spiro atoms. The molecular formula is C18H32N4. The topological polar surface area (TPSA) is 33.1 Å². The van der Waals surface area contributed by atoms with E-state index in [0.29, 0.717) is 0 Å². The monoisotopic (exact) mass is 304 g/mol. The molecule has 4 nitrogen and oxygen atoms in total. The summed E-state index contributed by atoms with van der Waals surface area (Å²) in [5.41, 5.74) is 0. The van der Waals surface area contributed by atoms with Crippen LogP contribution in [0.2, 0.25) is 0 Å². The molecule has 2 atom stereocenters. The van der Waals surface area contributed by atoms with Gasteiger partial charge in [-0.2, -0.15) is 0 Å². The summed E-state index contributed by atoms with van der Waals surface area (Å²) in [4.78, 5) is 6.86. The van der Waals surface area contributed by atoms with Crippen molar-refractivity contribution in [1.82, 2.24) is 19.8 Å². The zero-order valence-electron chi connectivity index (χ0n) is 14.1. The van der Waals surface area contributed by atoms with Gasteiger partial charge in [0.25, 0.3) is 0 Å². The van der Waals surface area contributed by atoms with E-state index in [1.807, 2.05) is 18.7 Å². The van der Waals surface area contributed by atoms with Gasteiger partial charge in [-0.3, -0.25) is 0 Å². The van der Waals surface area contributed by atoms with Gasteiger partial charge in [0.1, 0.15) is 0 Å². The molecule has 2 heterocycles. The number of nitrogens with one attached hydrogen (secondary N) is 1. The van der Waals surface area contributed by atoms with E-state index in [-0.39, 0.29) is 0 Å². The van der Waals surface area contributed by atoms with Gasteiger partial charge in [0.05, 0.1) is 6.33 Å². The standard InChI is InChI=1S/C18H32N4/c1-16-4-2-5-18(14-16)22-11-6-17(7-12-22)20-8-3-10-21-13-9-19-15-21/h9,13,15-18,20H,2-8,10-12,14H2,1H3/t16-,18-/m1/s1. The van der Waals surface area contributed by atoms with Crippen LogP contribution < -0.4 is 5.32 Å². The number of hydrogen-bond acceptors (Lipinski definition) is 3. The molecule has 1 aliphatic carbocycles. The fourth-order valence-corrected chi connectivity index (χ4v) is 4.19. The van der Waals surface area contributed by atoms with Gasteiger partial charge in [-0.05, 0) is 57.7 Å². The number of nitrogens with zero attached hydrogens (tertiary/aromatic N) is 3. The largest absolute Gasteiger partial charge is 0.337 e. The first-order valence-electron chi connectivity index (χ1n) is 9.24. The van der Waals surface area contributed by atoms with E-state index >= 15 is 0 Å². The zero-order valence-corrected chi connectivity index (χ0v) is 14.1. The van der Waals surface area contributed by atoms with Crippen LogP contribution in [0.1, 0.15) is 51.9 Å². The summed E-state index contributed by atoms with van der Waals surface area (Å²) in [7, 11) is 0. The summed E-state index contributed by atoms with van der Waals surface area (Å²) in [5, 5.41) is 3.76. The number of rotatable bonds is 6. The minimum absolute atomic E-state index is 0.736. The second-order valence-electron chi connectivity index (χ2n) is 7.34. The van der Waals surface area contributed by atoms with E-state index in [1.54, 1.807) is 0 Å². The lowest BCUT2D eigenvalue weighted by molar-refractivity contribution is 0.100. The molecule has 0 unspecified atom stereocenters. The first-order valence-corrected chi connectivity index (χ1v) is 9.24. The average Bonchev–Trinajstić information content (AvgIpc) is 3.06. The minimum Gasteiger partial charge on any atom is -0.337 e. The lowest BCUT2D eigenvalue weighted by atomic mass is 9.85. The van der Waals surface area contributed by atoms with Gasteiger partial charge >= 0.3 is 0 Å². The highest BCUT2D eigenvalue weighted by atomic mass is 15.2. The molecule has 22 heavy (non-hydrogen) atoms. The highest BCUT2D eigenvalue weighted by Crippen LogP contribution is 2.29. The van der Waals surface area contributed by atoms with Crippen LogP contribution in [0.25, 0.3) is 0 Å². The van der Waals surface area contributed by atoms with Crippen molar-refractivity contribution in [2.75, 3.05) is 19.6 Å². The minimum atomic E-state index is 0.736. The highest BCUT2D eigenvalue weighted by molar-refractivity contribution is 4.84. The maximum Gasteiger partial charge on any atom is 0.0945 e. The molecule has 4 heteroatoms. The van der Waals surface area contributed by atoms with Crippen molar-refractivity contribution >= 4 is 0 Å². The van der Waals surface area contributed by atoms with E-state index in [2.05, 4.69) is 26.7 Å². The van der Waals surface area contributed by atoms with Crippen molar-refractivity contribution in [2.24, 2.45) is 5.92 Å². The molecule has 1 aromatic heterocycles.